The fourth-order valence-electron chi connectivity index (χ4n) is 3.14. The van der Waals surface area contributed by atoms with Crippen LogP contribution in [0.15, 0.2) is 24.3 Å². The normalized spacial score (nSPS) is 28.9. The lowest BCUT2D eigenvalue weighted by atomic mass is 9.93. The molecule has 20 heavy (non-hydrogen) atoms. The third-order valence-electron chi connectivity index (χ3n) is 4.44. The highest BCUT2D eigenvalue weighted by Crippen LogP contribution is 2.30. The minimum absolute atomic E-state index is 0.0619. The zero-order valence-electron chi connectivity index (χ0n) is 11.8. The number of benzene rings is 1. The van der Waals surface area contributed by atoms with E-state index in [0.717, 1.165) is 24.2 Å². The Hall–Kier alpha value is -1.55. The number of hydrogen-bond donors (Lipinski definition) is 1. The zero-order valence-corrected chi connectivity index (χ0v) is 11.8. The molecule has 1 fully saturated rings. The van der Waals surface area contributed by atoms with Gasteiger partial charge in [-0.15, -0.1) is 0 Å². The maximum Gasteiger partial charge on any atom is 0.264 e. The van der Waals surface area contributed by atoms with Crippen LogP contribution in [0.3, 0.4) is 0 Å². The first-order valence-corrected chi connectivity index (χ1v) is 7.35. The monoisotopic (exact) mass is 275 g/mol. The molecule has 108 valence electrons. The highest BCUT2D eigenvalue weighted by atomic mass is 16.5. The number of carbonyl (C=O) groups excluding carboxylic acids is 1. The standard InChI is InChI=1S/C16H21NO3/c1-11-6-7-12(10-18)9-17(11)16(19)15-8-13-4-2-3-5-14(13)20-15/h2-5,11-12,15,18H,6-10H2,1H3. The molecule has 0 aromatic heterocycles. The van der Waals surface area contributed by atoms with Gasteiger partial charge in [0.15, 0.2) is 6.10 Å². The lowest BCUT2D eigenvalue weighted by molar-refractivity contribution is -0.142. The number of aliphatic hydroxyl groups is 1. The molecule has 1 aromatic rings. The molecule has 4 heteroatoms. The molecule has 0 saturated carbocycles. The summed E-state index contributed by atoms with van der Waals surface area (Å²) in [6.07, 6.45) is 2.21. The van der Waals surface area contributed by atoms with Crippen molar-refractivity contribution >= 4 is 5.91 Å². The Morgan fingerprint density at radius 2 is 2.20 bits per heavy atom. The molecule has 1 N–H and O–H groups in total. The molecule has 0 spiro atoms. The average molecular weight is 275 g/mol. The van der Waals surface area contributed by atoms with Crippen LogP contribution in [0.25, 0.3) is 0 Å². The minimum atomic E-state index is -0.396. The van der Waals surface area contributed by atoms with Crippen molar-refractivity contribution in [3.05, 3.63) is 29.8 Å². The van der Waals surface area contributed by atoms with Crippen molar-refractivity contribution in [3.8, 4) is 5.75 Å². The molecule has 1 aromatic carbocycles. The second kappa shape index (κ2) is 5.44. The second-order valence-corrected chi connectivity index (χ2v) is 5.88. The topological polar surface area (TPSA) is 49.8 Å². The van der Waals surface area contributed by atoms with Gasteiger partial charge in [0.2, 0.25) is 0 Å². The van der Waals surface area contributed by atoms with Crippen molar-refractivity contribution in [2.24, 2.45) is 5.92 Å². The van der Waals surface area contributed by atoms with Crippen molar-refractivity contribution < 1.29 is 14.6 Å². The zero-order chi connectivity index (χ0) is 14.1. The summed E-state index contributed by atoms with van der Waals surface area (Å²) in [7, 11) is 0. The summed E-state index contributed by atoms with van der Waals surface area (Å²) in [6, 6.07) is 8.06. The van der Waals surface area contributed by atoms with Crippen LogP contribution < -0.4 is 4.74 Å². The number of carbonyl (C=O) groups is 1. The molecule has 0 aliphatic carbocycles. The number of nitrogens with zero attached hydrogens (tertiary/aromatic N) is 1. The van der Waals surface area contributed by atoms with Crippen molar-refractivity contribution in [2.75, 3.05) is 13.2 Å². The number of rotatable bonds is 2. The van der Waals surface area contributed by atoms with Gasteiger partial charge in [-0.3, -0.25) is 4.79 Å². The van der Waals surface area contributed by atoms with Crippen LogP contribution in [0.5, 0.6) is 5.75 Å². The van der Waals surface area contributed by atoms with Crippen LogP contribution in [0.4, 0.5) is 0 Å². The third-order valence-corrected chi connectivity index (χ3v) is 4.44. The number of amides is 1. The van der Waals surface area contributed by atoms with E-state index in [-0.39, 0.29) is 24.5 Å². The first kappa shape index (κ1) is 13.4. The number of piperidine rings is 1. The Morgan fingerprint density at radius 3 is 2.95 bits per heavy atom. The van der Waals surface area contributed by atoms with Crippen LogP contribution in [0, 0.1) is 5.92 Å². The number of likely N-dealkylation sites (tertiary alicyclic amines) is 1. The van der Waals surface area contributed by atoms with Crippen molar-refractivity contribution in [1.29, 1.82) is 0 Å². The lowest BCUT2D eigenvalue weighted by Gasteiger charge is -2.38. The van der Waals surface area contributed by atoms with Gasteiger partial charge in [0.05, 0.1) is 0 Å². The largest absolute Gasteiger partial charge is 0.480 e. The number of fused-ring (bicyclic) bond motifs is 1. The molecule has 4 nitrogen and oxygen atoms in total. The minimum Gasteiger partial charge on any atom is -0.480 e. The first-order chi connectivity index (χ1) is 9.69. The average Bonchev–Trinajstić information content (AvgIpc) is 2.91. The fourth-order valence-corrected chi connectivity index (χ4v) is 3.14. The first-order valence-electron chi connectivity index (χ1n) is 7.35. The summed E-state index contributed by atoms with van der Waals surface area (Å²) in [5, 5.41) is 9.31. The predicted octanol–water partition coefficient (Wildman–Crippen LogP) is 1.61. The molecule has 2 aliphatic heterocycles. The van der Waals surface area contributed by atoms with Crippen LogP contribution in [0.1, 0.15) is 25.3 Å². The van der Waals surface area contributed by atoms with E-state index >= 15 is 0 Å². The molecule has 0 bridgehead atoms. The Labute approximate surface area is 119 Å². The molecular formula is C16H21NO3. The third kappa shape index (κ3) is 2.40. The quantitative estimate of drug-likeness (QED) is 0.892. The molecule has 1 saturated heterocycles. The van der Waals surface area contributed by atoms with E-state index in [4.69, 9.17) is 4.74 Å². The van der Waals surface area contributed by atoms with Crippen molar-refractivity contribution in [1.82, 2.24) is 4.90 Å². The van der Waals surface area contributed by atoms with E-state index < -0.39 is 6.10 Å². The van der Waals surface area contributed by atoms with Gasteiger partial charge in [-0.2, -0.15) is 0 Å². The molecular weight excluding hydrogens is 254 g/mol. The van der Waals surface area contributed by atoms with Crippen molar-refractivity contribution in [2.45, 2.75) is 38.3 Å². The van der Waals surface area contributed by atoms with Gasteiger partial charge in [-0.25, -0.2) is 0 Å². The van der Waals surface area contributed by atoms with Gasteiger partial charge in [0.25, 0.3) is 5.91 Å². The van der Waals surface area contributed by atoms with Gasteiger partial charge in [0, 0.05) is 25.6 Å². The lowest BCUT2D eigenvalue weighted by Crippen LogP contribution is -2.51. The van der Waals surface area contributed by atoms with E-state index in [1.54, 1.807) is 0 Å². The van der Waals surface area contributed by atoms with E-state index in [9.17, 15) is 9.90 Å². The smallest absolute Gasteiger partial charge is 0.264 e. The second-order valence-electron chi connectivity index (χ2n) is 5.88. The predicted molar refractivity (Wildman–Crippen MR) is 75.5 cm³/mol. The SMILES string of the molecule is CC1CCC(CO)CN1C(=O)C1Cc2ccccc2O1. The molecule has 3 rings (SSSR count). The van der Waals surface area contributed by atoms with Crippen LogP contribution >= 0.6 is 0 Å². The van der Waals surface area contributed by atoms with Crippen LogP contribution in [0.2, 0.25) is 0 Å². The summed E-state index contributed by atoms with van der Waals surface area (Å²) in [6.45, 7) is 2.88. The Balaban J connectivity index is 1.70. The van der Waals surface area contributed by atoms with Gasteiger partial charge >= 0.3 is 0 Å². The maximum atomic E-state index is 12.7. The fraction of sp³-hybridized carbons (Fsp3) is 0.562. The van der Waals surface area contributed by atoms with Gasteiger partial charge in [0.1, 0.15) is 5.75 Å². The van der Waals surface area contributed by atoms with E-state index in [2.05, 4.69) is 6.92 Å². The molecule has 0 radical (unpaired) electrons. The molecule has 3 unspecified atom stereocenters. The van der Waals surface area contributed by atoms with Crippen molar-refractivity contribution in [3.63, 3.8) is 0 Å². The van der Waals surface area contributed by atoms with Gasteiger partial charge in [-0.1, -0.05) is 18.2 Å². The number of aliphatic hydroxyl groups excluding tert-OH is 1. The summed E-state index contributed by atoms with van der Waals surface area (Å²) < 4.78 is 5.79. The molecule has 1 amide bonds. The number of para-hydroxylation sites is 1. The maximum absolute atomic E-state index is 12.7. The van der Waals surface area contributed by atoms with Crippen LogP contribution in [-0.2, 0) is 11.2 Å². The van der Waals surface area contributed by atoms with Crippen LogP contribution in [-0.4, -0.2) is 41.2 Å². The van der Waals surface area contributed by atoms with Gasteiger partial charge in [-0.05, 0) is 37.3 Å². The molecule has 3 atom stereocenters. The summed E-state index contributed by atoms with van der Waals surface area (Å²) in [4.78, 5) is 14.5. The summed E-state index contributed by atoms with van der Waals surface area (Å²) in [5.41, 5.74) is 1.11. The highest BCUT2D eigenvalue weighted by molar-refractivity contribution is 5.83. The Kier molecular flexibility index (Phi) is 3.66. The van der Waals surface area contributed by atoms with E-state index in [1.165, 1.54) is 0 Å². The summed E-state index contributed by atoms with van der Waals surface area (Å²) in [5.74, 6) is 1.10. The summed E-state index contributed by atoms with van der Waals surface area (Å²) >= 11 is 0. The molecule has 2 aliphatic rings. The van der Waals surface area contributed by atoms with E-state index in [0.29, 0.717) is 13.0 Å². The van der Waals surface area contributed by atoms with Gasteiger partial charge < -0.3 is 14.7 Å². The Bertz CT molecular complexity index is 477. The molecule has 2 heterocycles. The highest BCUT2D eigenvalue weighted by Gasteiger charge is 2.36. The Morgan fingerprint density at radius 1 is 1.40 bits per heavy atom. The number of hydrogen-bond acceptors (Lipinski definition) is 3. The number of ether oxygens (including phenoxy) is 1. The van der Waals surface area contributed by atoms with E-state index in [1.807, 2.05) is 29.2 Å².